The second-order valence-corrected chi connectivity index (χ2v) is 2.59. The molecule has 15 heavy (non-hydrogen) atoms. The van der Waals surface area contributed by atoms with Crippen molar-refractivity contribution in [3.05, 3.63) is 11.8 Å². The van der Waals surface area contributed by atoms with Crippen molar-refractivity contribution in [1.82, 2.24) is 0 Å². The van der Waals surface area contributed by atoms with E-state index in [4.69, 9.17) is 4.74 Å². The minimum atomic E-state index is -1.04. The van der Waals surface area contributed by atoms with Crippen molar-refractivity contribution in [2.45, 2.75) is 20.8 Å². The highest BCUT2D eigenvalue weighted by Crippen LogP contribution is 2.01. The van der Waals surface area contributed by atoms with Crippen molar-refractivity contribution in [3.63, 3.8) is 0 Å². The van der Waals surface area contributed by atoms with Crippen molar-refractivity contribution in [2.24, 2.45) is 0 Å². The Morgan fingerprint density at radius 2 is 1.73 bits per heavy atom. The first-order chi connectivity index (χ1) is 7.04. The Balaban J connectivity index is 4.71. The molecule has 0 unspecified atom stereocenters. The maximum atomic E-state index is 11.3. The molecule has 0 bridgehead atoms. The van der Waals surface area contributed by atoms with Crippen LogP contribution in [0.4, 0.5) is 0 Å². The average Bonchev–Trinajstić information content (AvgIpc) is 2.18. The van der Waals surface area contributed by atoms with E-state index in [1.165, 1.54) is 6.92 Å². The number of hydrogen-bond acceptors (Lipinski definition) is 5. The number of ether oxygens (including phenoxy) is 2. The largest absolute Gasteiger partial charge is 0.501 e. The molecule has 0 heterocycles. The monoisotopic (exact) mass is 214 g/mol. The van der Waals surface area contributed by atoms with E-state index in [0.29, 0.717) is 6.61 Å². The van der Waals surface area contributed by atoms with Crippen LogP contribution in [0.3, 0.4) is 0 Å². The van der Waals surface area contributed by atoms with E-state index < -0.39 is 17.5 Å². The summed E-state index contributed by atoms with van der Waals surface area (Å²) in [5.74, 6) is -2.54. The number of esters is 1. The Bertz CT molecular complexity index is 290. The molecule has 0 saturated carbocycles. The van der Waals surface area contributed by atoms with E-state index in [2.05, 4.69) is 4.74 Å². The number of Topliss-reactive ketones (excluding diaryl/α,β-unsaturated/α-hetero) is 2. The molecule has 0 aliphatic rings. The zero-order valence-corrected chi connectivity index (χ0v) is 9.03. The summed E-state index contributed by atoms with van der Waals surface area (Å²) in [7, 11) is 0. The fraction of sp³-hybridized carbons (Fsp3) is 0.500. The van der Waals surface area contributed by atoms with Gasteiger partial charge in [0.25, 0.3) is 5.78 Å². The van der Waals surface area contributed by atoms with Gasteiger partial charge in [0.05, 0.1) is 19.5 Å². The smallest absolute Gasteiger partial charge is 0.379 e. The molecule has 0 rings (SSSR count). The summed E-state index contributed by atoms with van der Waals surface area (Å²) in [4.78, 5) is 33.4. The van der Waals surface area contributed by atoms with Crippen LogP contribution in [-0.4, -0.2) is 30.7 Å². The summed E-state index contributed by atoms with van der Waals surface area (Å²) < 4.78 is 9.27. The van der Waals surface area contributed by atoms with Crippen LogP contribution in [0, 0.1) is 0 Å². The summed E-state index contributed by atoms with van der Waals surface area (Å²) in [6.07, 6.45) is 0.988. The number of rotatable bonds is 6. The first-order valence-electron chi connectivity index (χ1n) is 4.58. The molecule has 0 atom stereocenters. The topological polar surface area (TPSA) is 69.7 Å². The summed E-state index contributed by atoms with van der Waals surface area (Å²) in [6, 6.07) is 0. The molecule has 5 heteroatoms. The Kier molecular flexibility index (Phi) is 6.01. The van der Waals surface area contributed by atoms with Gasteiger partial charge in [0.2, 0.25) is 0 Å². The Morgan fingerprint density at radius 3 is 2.13 bits per heavy atom. The molecule has 0 aromatic carbocycles. The first kappa shape index (κ1) is 13.4. The fourth-order valence-electron chi connectivity index (χ4n) is 0.770. The van der Waals surface area contributed by atoms with Crippen LogP contribution < -0.4 is 0 Å². The third kappa shape index (κ3) is 4.39. The standard InChI is InChI=1S/C10H14O5/c1-4-14-6-8(7(3)11)9(12)10(13)15-5-2/h6H,4-5H2,1-3H3/b8-6-. The highest BCUT2D eigenvalue weighted by molar-refractivity contribution is 6.47. The molecular formula is C10H14O5. The average molecular weight is 214 g/mol. The maximum absolute atomic E-state index is 11.3. The van der Waals surface area contributed by atoms with Crippen LogP contribution in [0.1, 0.15) is 20.8 Å². The van der Waals surface area contributed by atoms with E-state index in [1.54, 1.807) is 13.8 Å². The quantitative estimate of drug-likeness (QED) is 0.162. The predicted molar refractivity (Wildman–Crippen MR) is 52.0 cm³/mol. The van der Waals surface area contributed by atoms with Crippen molar-refractivity contribution in [2.75, 3.05) is 13.2 Å². The van der Waals surface area contributed by atoms with E-state index in [-0.39, 0.29) is 12.2 Å². The maximum Gasteiger partial charge on any atom is 0.379 e. The Morgan fingerprint density at radius 1 is 1.13 bits per heavy atom. The molecule has 0 aromatic rings. The number of carbonyl (C=O) groups is 3. The van der Waals surface area contributed by atoms with E-state index in [1.807, 2.05) is 0 Å². The third-order valence-corrected chi connectivity index (χ3v) is 1.45. The summed E-state index contributed by atoms with van der Waals surface area (Å²) in [5, 5.41) is 0. The molecule has 0 saturated heterocycles. The molecule has 0 amide bonds. The molecule has 0 spiro atoms. The van der Waals surface area contributed by atoms with Crippen LogP contribution in [0.5, 0.6) is 0 Å². The van der Waals surface area contributed by atoms with Gasteiger partial charge in [-0.2, -0.15) is 0 Å². The van der Waals surface area contributed by atoms with Crippen LogP contribution in [0.25, 0.3) is 0 Å². The molecule has 0 radical (unpaired) electrons. The van der Waals surface area contributed by atoms with Gasteiger partial charge in [0, 0.05) is 0 Å². The van der Waals surface area contributed by atoms with Crippen LogP contribution in [0.2, 0.25) is 0 Å². The lowest BCUT2D eigenvalue weighted by atomic mass is 10.1. The molecule has 84 valence electrons. The minimum absolute atomic E-state index is 0.0877. The number of hydrogen-bond donors (Lipinski definition) is 0. The van der Waals surface area contributed by atoms with Gasteiger partial charge in [-0.25, -0.2) is 4.79 Å². The molecular weight excluding hydrogens is 200 g/mol. The number of ketones is 2. The lowest BCUT2D eigenvalue weighted by Crippen LogP contribution is -2.23. The van der Waals surface area contributed by atoms with Crippen molar-refractivity contribution in [3.8, 4) is 0 Å². The van der Waals surface area contributed by atoms with E-state index in [0.717, 1.165) is 6.26 Å². The number of carbonyl (C=O) groups excluding carboxylic acids is 3. The van der Waals surface area contributed by atoms with E-state index >= 15 is 0 Å². The lowest BCUT2D eigenvalue weighted by Gasteiger charge is -2.02. The van der Waals surface area contributed by atoms with E-state index in [9.17, 15) is 14.4 Å². The van der Waals surface area contributed by atoms with Gasteiger partial charge in [0.15, 0.2) is 5.78 Å². The minimum Gasteiger partial charge on any atom is -0.501 e. The highest BCUT2D eigenvalue weighted by atomic mass is 16.5. The second kappa shape index (κ2) is 6.75. The Hall–Kier alpha value is -1.65. The Labute approximate surface area is 88.0 Å². The van der Waals surface area contributed by atoms with Gasteiger partial charge in [-0.15, -0.1) is 0 Å². The molecule has 0 aliphatic carbocycles. The fourth-order valence-corrected chi connectivity index (χ4v) is 0.770. The normalized spacial score (nSPS) is 10.7. The molecule has 0 aromatic heterocycles. The van der Waals surface area contributed by atoms with Crippen molar-refractivity contribution < 1.29 is 23.9 Å². The van der Waals surface area contributed by atoms with Gasteiger partial charge >= 0.3 is 5.97 Å². The van der Waals surface area contributed by atoms with Crippen LogP contribution in [-0.2, 0) is 23.9 Å². The first-order valence-corrected chi connectivity index (χ1v) is 4.58. The molecule has 0 fully saturated rings. The predicted octanol–water partition coefficient (Wildman–Crippen LogP) is 0.628. The molecule has 0 aliphatic heterocycles. The van der Waals surface area contributed by atoms with Gasteiger partial charge < -0.3 is 9.47 Å². The van der Waals surface area contributed by atoms with Gasteiger partial charge in [-0.05, 0) is 20.8 Å². The second-order valence-electron chi connectivity index (χ2n) is 2.59. The SMILES string of the molecule is CCO/C=C(/C(C)=O)C(=O)C(=O)OCC. The zero-order chi connectivity index (χ0) is 11.8. The molecule has 5 nitrogen and oxygen atoms in total. The van der Waals surface area contributed by atoms with Crippen molar-refractivity contribution in [1.29, 1.82) is 0 Å². The van der Waals surface area contributed by atoms with Gasteiger partial charge in [0.1, 0.15) is 5.57 Å². The summed E-state index contributed by atoms with van der Waals surface area (Å²) in [6.45, 7) is 4.85. The zero-order valence-electron chi connectivity index (χ0n) is 9.03. The van der Waals surface area contributed by atoms with Crippen LogP contribution in [0.15, 0.2) is 11.8 Å². The summed E-state index contributed by atoms with van der Waals surface area (Å²) >= 11 is 0. The van der Waals surface area contributed by atoms with Gasteiger partial charge in [-0.3, -0.25) is 9.59 Å². The van der Waals surface area contributed by atoms with Crippen LogP contribution >= 0.6 is 0 Å². The van der Waals surface area contributed by atoms with Crippen molar-refractivity contribution >= 4 is 17.5 Å². The summed E-state index contributed by atoms with van der Waals surface area (Å²) in [5.41, 5.74) is -0.296. The third-order valence-electron chi connectivity index (χ3n) is 1.45. The lowest BCUT2D eigenvalue weighted by molar-refractivity contribution is -0.152. The van der Waals surface area contributed by atoms with Gasteiger partial charge in [-0.1, -0.05) is 0 Å². The highest BCUT2D eigenvalue weighted by Gasteiger charge is 2.23. The molecule has 0 N–H and O–H groups in total.